The monoisotopic (exact) mass is 722 g/mol. The Labute approximate surface area is 287 Å². The number of nitrogen functional groups attached to an aromatic ring is 1. The second-order valence-corrected chi connectivity index (χ2v) is 11.9. The Morgan fingerprint density at radius 1 is 0.957 bits per heavy atom. The van der Waals surface area contributed by atoms with E-state index in [0.29, 0.717) is 5.52 Å². The molecule has 1 aliphatic rings. The third kappa shape index (κ3) is 8.06. The molecule has 0 spiro atoms. The number of nitrogens with two attached hydrogens (primary N) is 1. The number of carbonyl (C=O) groups is 4. The first-order valence-corrected chi connectivity index (χ1v) is 14.8. The van der Waals surface area contributed by atoms with Crippen LogP contribution in [0.3, 0.4) is 0 Å². The molecule has 6 N–H and O–H groups in total. The molecular weight excluding hydrogens is 698 g/mol. The number of aliphatic imine (C=N–C) groups is 1. The first kappa shape index (κ1) is 36.9. The highest BCUT2D eigenvalue weighted by Gasteiger charge is 2.43. The molecule has 1 unspecified atom stereocenters. The summed E-state index contributed by atoms with van der Waals surface area (Å²) in [5, 5.41) is 29.9. The highest BCUT2D eigenvalue weighted by molar-refractivity contribution is 6.46. The summed E-state index contributed by atoms with van der Waals surface area (Å²) in [6.45, 7) is 7.41. The number of halogens is 4. The van der Waals surface area contributed by atoms with Gasteiger partial charge in [0.2, 0.25) is 0 Å². The van der Waals surface area contributed by atoms with Gasteiger partial charge < -0.3 is 26.4 Å². The highest BCUT2D eigenvalue weighted by Crippen LogP contribution is 2.34. The van der Waals surface area contributed by atoms with E-state index in [4.69, 9.17) is 67.5 Å². The van der Waals surface area contributed by atoms with Crippen LogP contribution < -0.4 is 11.1 Å². The van der Waals surface area contributed by atoms with E-state index in [1.807, 2.05) is 26.8 Å². The lowest BCUT2D eigenvalue weighted by atomic mass is 9.89. The third-order valence-electron chi connectivity index (χ3n) is 6.85. The van der Waals surface area contributed by atoms with Crippen LogP contribution in [0.4, 0.5) is 5.69 Å². The van der Waals surface area contributed by atoms with Gasteiger partial charge in [0.15, 0.2) is 16.7 Å². The molecule has 0 radical (unpaired) electrons. The summed E-state index contributed by atoms with van der Waals surface area (Å²) in [5.74, 6) is -3.48. The van der Waals surface area contributed by atoms with Crippen molar-refractivity contribution in [3.8, 4) is 0 Å². The zero-order chi connectivity index (χ0) is 35.4. The largest absolute Gasteiger partial charge is 0.478 e. The number of aromatic carboxylic acids is 3. The fourth-order valence-corrected chi connectivity index (χ4v) is 4.80. The van der Waals surface area contributed by atoms with Crippen molar-refractivity contribution in [2.75, 3.05) is 5.73 Å². The number of rotatable bonds is 5. The smallest absolute Gasteiger partial charge is 0.356 e. The van der Waals surface area contributed by atoms with Crippen molar-refractivity contribution in [1.82, 2.24) is 20.3 Å². The van der Waals surface area contributed by atoms with Gasteiger partial charge >= 0.3 is 17.9 Å². The van der Waals surface area contributed by atoms with Crippen LogP contribution in [0.5, 0.6) is 0 Å². The number of hydrogen-bond acceptors (Lipinski definition) is 9. The molecule has 246 valence electrons. The van der Waals surface area contributed by atoms with E-state index in [2.05, 4.69) is 25.3 Å². The number of amidine groups is 1. The van der Waals surface area contributed by atoms with Gasteiger partial charge in [0, 0.05) is 17.8 Å². The second-order valence-electron chi connectivity index (χ2n) is 10.3. The summed E-state index contributed by atoms with van der Waals surface area (Å²) in [5.41, 5.74) is 5.68. The second kappa shape index (κ2) is 14.9. The maximum atomic E-state index is 12.0. The Balaban J connectivity index is 0.000000196. The van der Waals surface area contributed by atoms with Gasteiger partial charge in [-0.1, -0.05) is 66.3 Å². The van der Waals surface area contributed by atoms with E-state index < -0.39 is 29.1 Å². The maximum absolute atomic E-state index is 12.0. The maximum Gasteiger partial charge on any atom is 0.356 e. The number of aromatic nitrogens is 3. The van der Waals surface area contributed by atoms with Crippen molar-refractivity contribution < 1.29 is 34.5 Å². The van der Waals surface area contributed by atoms with Gasteiger partial charge in [0.25, 0.3) is 5.91 Å². The van der Waals surface area contributed by atoms with Gasteiger partial charge in [0.1, 0.15) is 21.8 Å². The molecule has 1 aliphatic heterocycles. The molecule has 13 nitrogen and oxygen atoms in total. The van der Waals surface area contributed by atoms with Crippen molar-refractivity contribution in [3.05, 3.63) is 91.0 Å². The Hall–Kier alpha value is -4.56. The Kier molecular flexibility index (Phi) is 11.7. The molecular formula is C30H26Cl4N6O7. The number of carbonyl (C=O) groups excluding carboxylic acids is 1. The number of amides is 1. The first-order valence-electron chi connectivity index (χ1n) is 13.3. The molecule has 5 rings (SSSR count). The number of nitrogens with zero attached hydrogens (tertiary/aromatic N) is 4. The minimum Gasteiger partial charge on any atom is -0.478 e. The van der Waals surface area contributed by atoms with Crippen LogP contribution in [0.1, 0.15) is 63.2 Å². The number of hydrogen-bond donors (Lipinski definition) is 5. The highest BCUT2D eigenvalue weighted by atomic mass is 35.5. The van der Waals surface area contributed by atoms with E-state index >= 15 is 0 Å². The van der Waals surface area contributed by atoms with Crippen molar-refractivity contribution >= 4 is 92.6 Å². The number of anilines is 1. The summed E-state index contributed by atoms with van der Waals surface area (Å²) >= 11 is 22.4. The summed E-state index contributed by atoms with van der Waals surface area (Å²) < 4.78 is 0. The average molecular weight is 724 g/mol. The number of carboxylic acids is 3. The zero-order valence-electron chi connectivity index (χ0n) is 25.0. The lowest BCUT2D eigenvalue weighted by Crippen LogP contribution is -2.41. The molecule has 47 heavy (non-hydrogen) atoms. The molecule has 3 aromatic heterocycles. The first-order chi connectivity index (χ1) is 21.9. The predicted octanol–water partition coefficient (Wildman–Crippen LogP) is 6.29. The molecule has 0 saturated heterocycles. The molecule has 17 heteroatoms. The number of carboxylic acid groups (broad SMARTS) is 3. The molecule has 4 heterocycles. The quantitative estimate of drug-likeness (QED) is 0.144. The summed E-state index contributed by atoms with van der Waals surface area (Å²) in [6, 6.07) is 8.19. The van der Waals surface area contributed by atoms with Crippen LogP contribution in [0.15, 0.2) is 47.7 Å². The SMILES string of the molecule is CC(C)C1(C)N=C(c2ncccc2C(=O)O)NC1=O.Cc1cnc2c(C(=O)O)c(Cl)ccc2c1.Nc1c(Cl)c(Cl)nc(C(=O)O)c1Cl. The van der Waals surface area contributed by atoms with Gasteiger partial charge in [-0.25, -0.2) is 24.4 Å². The van der Waals surface area contributed by atoms with E-state index in [0.717, 1.165) is 10.9 Å². The molecule has 0 fully saturated rings. The molecule has 4 aromatic rings. The molecule has 1 amide bonds. The number of pyridine rings is 3. The van der Waals surface area contributed by atoms with Crippen LogP contribution in [0.25, 0.3) is 10.9 Å². The van der Waals surface area contributed by atoms with Gasteiger partial charge in [-0.05, 0) is 49.6 Å². The molecule has 1 atom stereocenters. The fourth-order valence-electron chi connectivity index (χ4n) is 3.98. The van der Waals surface area contributed by atoms with Gasteiger partial charge in [-0.15, -0.1) is 0 Å². The van der Waals surface area contributed by atoms with E-state index in [1.54, 1.807) is 25.3 Å². The standard InChI is InChI=1S/C13H15N3O3.C11H8ClNO2.C6H3Cl3N2O2/c1-7(2)13(3)12(19)15-10(16-13)9-8(11(17)18)5-4-6-14-9;1-6-4-7-2-3-8(12)9(11(14)15)10(7)13-5-6;7-1-3(10)2(8)5(9)11-4(1)6(12)13/h4-7H,1-3H3,(H,17,18)(H,15,16,19);2-5H,1H3,(H,14,15);(H2,10,11)(H,12,13). The van der Waals surface area contributed by atoms with E-state index in [9.17, 15) is 19.2 Å². The van der Waals surface area contributed by atoms with E-state index in [-0.39, 0.29) is 60.4 Å². The van der Waals surface area contributed by atoms with Crippen LogP contribution in [-0.2, 0) is 4.79 Å². The van der Waals surface area contributed by atoms with Crippen LogP contribution in [-0.4, -0.2) is 65.5 Å². The lowest BCUT2D eigenvalue weighted by molar-refractivity contribution is -0.124. The number of fused-ring (bicyclic) bond motifs is 1. The Morgan fingerprint density at radius 3 is 2.17 bits per heavy atom. The minimum atomic E-state index is -1.31. The lowest BCUT2D eigenvalue weighted by Gasteiger charge is -2.21. The number of aryl methyl sites for hydroxylation is 1. The van der Waals surface area contributed by atoms with Crippen molar-refractivity contribution in [3.63, 3.8) is 0 Å². The van der Waals surface area contributed by atoms with Crippen LogP contribution in [0.2, 0.25) is 20.2 Å². The van der Waals surface area contributed by atoms with Gasteiger partial charge in [0.05, 0.1) is 26.8 Å². The number of benzene rings is 1. The zero-order valence-corrected chi connectivity index (χ0v) is 28.0. The normalized spacial score (nSPS) is 15.2. The topological polar surface area (TPSA) is 218 Å². The van der Waals surface area contributed by atoms with Crippen molar-refractivity contribution in [2.45, 2.75) is 33.2 Å². The Morgan fingerprint density at radius 2 is 1.62 bits per heavy atom. The van der Waals surface area contributed by atoms with Crippen molar-refractivity contribution in [1.29, 1.82) is 0 Å². The summed E-state index contributed by atoms with van der Waals surface area (Å²) in [7, 11) is 0. The number of nitrogens with one attached hydrogen (secondary N) is 1. The van der Waals surface area contributed by atoms with Crippen LogP contribution >= 0.6 is 46.4 Å². The van der Waals surface area contributed by atoms with Crippen LogP contribution in [0, 0.1) is 12.8 Å². The average Bonchev–Trinajstić information content (AvgIpc) is 3.33. The minimum absolute atomic E-state index is 0.00184. The molecule has 0 aliphatic carbocycles. The third-order valence-corrected chi connectivity index (χ3v) is 8.30. The summed E-state index contributed by atoms with van der Waals surface area (Å²) in [4.78, 5) is 60.6. The predicted molar refractivity (Wildman–Crippen MR) is 178 cm³/mol. The molecule has 1 aromatic carbocycles. The summed E-state index contributed by atoms with van der Waals surface area (Å²) in [6.07, 6.45) is 3.10. The van der Waals surface area contributed by atoms with Gasteiger partial charge in [-0.3, -0.25) is 14.8 Å². The fraction of sp³-hybridized carbons (Fsp3) is 0.200. The van der Waals surface area contributed by atoms with Gasteiger partial charge in [-0.2, -0.15) is 0 Å². The molecule has 0 saturated carbocycles. The van der Waals surface area contributed by atoms with Crippen molar-refractivity contribution in [2.24, 2.45) is 10.9 Å². The molecule has 0 bridgehead atoms. The van der Waals surface area contributed by atoms with E-state index in [1.165, 1.54) is 18.3 Å². The Bertz CT molecular complexity index is 1950.